The van der Waals surface area contributed by atoms with Gasteiger partial charge in [-0.1, -0.05) is 0 Å². The van der Waals surface area contributed by atoms with E-state index in [1.165, 1.54) is 26.4 Å². The highest BCUT2D eigenvalue weighted by Gasteiger charge is 2.38. The Bertz CT molecular complexity index is 488. The van der Waals surface area contributed by atoms with Crippen molar-refractivity contribution in [2.45, 2.75) is 12.6 Å². The van der Waals surface area contributed by atoms with Gasteiger partial charge < -0.3 is 19.9 Å². The van der Waals surface area contributed by atoms with Crippen LogP contribution >= 0.6 is 0 Å². The minimum Gasteiger partial charge on any atom is -0.508 e. The van der Waals surface area contributed by atoms with Gasteiger partial charge in [-0.15, -0.1) is 0 Å². The Kier molecular flexibility index (Phi) is 5.06. The third-order valence-electron chi connectivity index (χ3n) is 2.52. The summed E-state index contributed by atoms with van der Waals surface area (Å²) in [6, 6.07) is 2.73. The van der Waals surface area contributed by atoms with Crippen LogP contribution in [-0.4, -0.2) is 38.0 Å². The number of nitrogens with one attached hydrogen (secondary N) is 1. The van der Waals surface area contributed by atoms with Crippen molar-refractivity contribution < 1.29 is 32.5 Å². The fourth-order valence-corrected chi connectivity index (χ4v) is 1.52. The molecule has 1 amide bonds. The number of ether oxygens (including phenoxy) is 2. The summed E-state index contributed by atoms with van der Waals surface area (Å²) in [6.07, 6.45) is -4.90. The van der Waals surface area contributed by atoms with Crippen molar-refractivity contribution in [2.75, 3.05) is 20.8 Å². The topological polar surface area (TPSA) is 67.8 Å². The first-order chi connectivity index (χ1) is 9.29. The van der Waals surface area contributed by atoms with Crippen molar-refractivity contribution in [2.24, 2.45) is 0 Å². The van der Waals surface area contributed by atoms with Crippen molar-refractivity contribution in [3.8, 4) is 17.2 Å². The van der Waals surface area contributed by atoms with E-state index >= 15 is 0 Å². The summed E-state index contributed by atoms with van der Waals surface area (Å²) in [5.41, 5.74) is 0.338. The zero-order chi connectivity index (χ0) is 15.3. The van der Waals surface area contributed by atoms with Crippen LogP contribution in [0.2, 0.25) is 0 Å². The Morgan fingerprint density at radius 2 is 1.80 bits per heavy atom. The molecule has 0 aromatic heterocycles. The molecule has 8 heteroatoms. The SMILES string of the molecule is COc1cc(O)c(CCNC(=O)C(F)(F)F)cc1OC. The van der Waals surface area contributed by atoms with Gasteiger partial charge in [0.2, 0.25) is 0 Å². The molecule has 0 saturated carbocycles. The predicted octanol–water partition coefficient (Wildman–Crippen LogP) is 1.63. The van der Waals surface area contributed by atoms with Crippen LogP contribution in [0.4, 0.5) is 13.2 Å². The number of phenols is 1. The smallest absolute Gasteiger partial charge is 0.471 e. The van der Waals surface area contributed by atoms with E-state index in [9.17, 15) is 23.1 Å². The van der Waals surface area contributed by atoms with Crippen molar-refractivity contribution in [3.63, 3.8) is 0 Å². The van der Waals surface area contributed by atoms with E-state index in [0.717, 1.165) is 0 Å². The minimum atomic E-state index is -4.92. The summed E-state index contributed by atoms with van der Waals surface area (Å²) in [7, 11) is 2.78. The summed E-state index contributed by atoms with van der Waals surface area (Å²) in [4.78, 5) is 10.6. The van der Waals surface area contributed by atoms with E-state index in [2.05, 4.69) is 0 Å². The molecular weight excluding hydrogens is 279 g/mol. The van der Waals surface area contributed by atoms with Gasteiger partial charge in [-0.25, -0.2) is 0 Å². The number of amides is 1. The van der Waals surface area contributed by atoms with Gasteiger partial charge in [0, 0.05) is 12.6 Å². The van der Waals surface area contributed by atoms with Gasteiger partial charge in [0.25, 0.3) is 0 Å². The largest absolute Gasteiger partial charge is 0.508 e. The molecule has 5 nitrogen and oxygen atoms in total. The maximum absolute atomic E-state index is 12.0. The van der Waals surface area contributed by atoms with Gasteiger partial charge in [0.1, 0.15) is 5.75 Å². The fraction of sp³-hybridized carbons (Fsp3) is 0.417. The lowest BCUT2D eigenvalue weighted by molar-refractivity contribution is -0.173. The van der Waals surface area contributed by atoms with Gasteiger partial charge in [-0.2, -0.15) is 13.2 Å². The molecule has 1 rings (SSSR count). The standard InChI is InChI=1S/C12H14F3NO4/c1-19-9-5-7(8(17)6-10(9)20-2)3-4-16-11(18)12(13,14)15/h5-6,17H,3-4H2,1-2H3,(H,16,18). The number of phenolic OH excluding ortho intramolecular Hbond substituents is 1. The molecule has 1 aromatic rings. The van der Waals surface area contributed by atoms with Crippen LogP contribution in [0.3, 0.4) is 0 Å². The summed E-state index contributed by atoms with van der Waals surface area (Å²) in [5.74, 6) is -1.53. The number of benzene rings is 1. The second-order valence-electron chi connectivity index (χ2n) is 3.84. The van der Waals surface area contributed by atoms with Gasteiger partial charge >= 0.3 is 12.1 Å². The molecule has 0 heterocycles. The summed E-state index contributed by atoms with van der Waals surface area (Å²) < 4.78 is 45.9. The number of carbonyl (C=O) groups excluding carboxylic acids is 1. The normalized spacial score (nSPS) is 11.1. The monoisotopic (exact) mass is 293 g/mol. The average molecular weight is 293 g/mol. The summed E-state index contributed by atoms with van der Waals surface area (Å²) in [6.45, 7) is -0.263. The van der Waals surface area contributed by atoms with Gasteiger partial charge in [0.15, 0.2) is 11.5 Å². The van der Waals surface area contributed by atoms with E-state index in [4.69, 9.17) is 9.47 Å². The number of methoxy groups -OCH3 is 2. The van der Waals surface area contributed by atoms with E-state index in [1.807, 2.05) is 0 Å². The molecule has 0 spiro atoms. The number of hydrogen-bond donors (Lipinski definition) is 2. The zero-order valence-electron chi connectivity index (χ0n) is 10.9. The zero-order valence-corrected chi connectivity index (χ0v) is 10.9. The van der Waals surface area contributed by atoms with Crippen LogP contribution in [-0.2, 0) is 11.2 Å². The number of hydrogen-bond acceptors (Lipinski definition) is 4. The number of halogens is 3. The van der Waals surface area contributed by atoms with E-state index in [0.29, 0.717) is 17.1 Å². The second-order valence-corrected chi connectivity index (χ2v) is 3.84. The maximum Gasteiger partial charge on any atom is 0.471 e. The second kappa shape index (κ2) is 6.36. The third-order valence-corrected chi connectivity index (χ3v) is 2.52. The molecular formula is C12H14F3NO4. The lowest BCUT2D eigenvalue weighted by atomic mass is 10.1. The fourth-order valence-electron chi connectivity index (χ4n) is 1.52. The van der Waals surface area contributed by atoms with Crippen molar-refractivity contribution in [1.82, 2.24) is 5.32 Å². The third kappa shape index (κ3) is 3.94. The summed E-state index contributed by atoms with van der Waals surface area (Å²) in [5, 5.41) is 11.4. The van der Waals surface area contributed by atoms with E-state index in [-0.39, 0.29) is 18.7 Å². The highest BCUT2D eigenvalue weighted by Crippen LogP contribution is 2.34. The highest BCUT2D eigenvalue weighted by molar-refractivity contribution is 5.81. The summed E-state index contributed by atoms with van der Waals surface area (Å²) >= 11 is 0. The van der Waals surface area contributed by atoms with Crippen molar-refractivity contribution >= 4 is 5.91 Å². The predicted molar refractivity (Wildman–Crippen MR) is 64.0 cm³/mol. The van der Waals surface area contributed by atoms with Gasteiger partial charge in [0.05, 0.1) is 14.2 Å². The molecule has 0 radical (unpaired) electrons. The maximum atomic E-state index is 12.0. The van der Waals surface area contributed by atoms with Gasteiger partial charge in [-0.05, 0) is 18.1 Å². The molecule has 2 N–H and O–H groups in total. The first-order valence-electron chi connectivity index (χ1n) is 5.58. The Morgan fingerprint density at radius 3 is 2.30 bits per heavy atom. The Labute approximate surface area is 113 Å². The number of carbonyl (C=O) groups is 1. The number of aromatic hydroxyl groups is 1. The molecule has 0 aliphatic carbocycles. The molecule has 0 saturated heterocycles. The van der Waals surface area contributed by atoms with Crippen molar-refractivity contribution in [1.29, 1.82) is 0 Å². The van der Waals surface area contributed by atoms with Crippen LogP contribution in [0.5, 0.6) is 17.2 Å². The first-order valence-corrected chi connectivity index (χ1v) is 5.58. The minimum absolute atomic E-state index is 0.0218. The van der Waals surface area contributed by atoms with Crippen LogP contribution in [0.1, 0.15) is 5.56 Å². The Hall–Kier alpha value is -2.12. The Balaban J connectivity index is 2.71. The molecule has 0 aliphatic rings. The molecule has 0 aliphatic heterocycles. The number of rotatable bonds is 5. The average Bonchev–Trinajstić information content (AvgIpc) is 2.38. The molecule has 0 unspecified atom stereocenters. The van der Waals surface area contributed by atoms with E-state index < -0.39 is 12.1 Å². The molecule has 0 atom stereocenters. The van der Waals surface area contributed by atoms with Gasteiger partial charge in [-0.3, -0.25) is 4.79 Å². The molecule has 0 bridgehead atoms. The quantitative estimate of drug-likeness (QED) is 0.866. The van der Waals surface area contributed by atoms with Crippen LogP contribution in [0.25, 0.3) is 0 Å². The van der Waals surface area contributed by atoms with Crippen LogP contribution in [0.15, 0.2) is 12.1 Å². The lowest BCUT2D eigenvalue weighted by Gasteiger charge is -2.12. The Morgan fingerprint density at radius 1 is 1.25 bits per heavy atom. The van der Waals surface area contributed by atoms with Crippen LogP contribution in [0, 0.1) is 0 Å². The molecule has 20 heavy (non-hydrogen) atoms. The highest BCUT2D eigenvalue weighted by atomic mass is 19.4. The lowest BCUT2D eigenvalue weighted by Crippen LogP contribution is -2.37. The number of alkyl halides is 3. The molecule has 112 valence electrons. The molecule has 1 aromatic carbocycles. The first kappa shape index (κ1) is 15.9. The van der Waals surface area contributed by atoms with E-state index in [1.54, 1.807) is 5.32 Å². The molecule has 0 fully saturated rings. The van der Waals surface area contributed by atoms with Crippen LogP contribution < -0.4 is 14.8 Å². The van der Waals surface area contributed by atoms with Crippen molar-refractivity contribution in [3.05, 3.63) is 17.7 Å².